The molecule has 1 fully saturated rings. The molecule has 0 bridgehead atoms. The van der Waals surface area contributed by atoms with Gasteiger partial charge in [0.2, 0.25) is 0 Å². The predicted octanol–water partition coefficient (Wildman–Crippen LogP) is 3.07. The third-order valence-corrected chi connectivity index (χ3v) is 4.41. The zero-order valence-electron chi connectivity index (χ0n) is 15.4. The Kier molecular flexibility index (Phi) is 8.92. The predicted molar refractivity (Wildman–Crippen MR) is 93.5 cm³/mol. The van der Waals surface area contributed by atoms with Crippen molar-refractivity contribution in [3.63, 3.8) is 0 Å². The van der Waals surface area contributed by atoms with Gasteiger partial charge in [0.15, 0.2) is 0 Å². The standard InChI is InChI=1S/C18H36N2O3/c1-14(13-21)8-7-11-19-16-10-6-5-9-15(16)12-20-17(22)23-18(2,3)4/h14-16,19,21H,5-13H2,1-4H3,(H,20,22). The molecule has 136 valence electrons. The highest BCUT2D eigenvalue weighted by molar-refractivity contribution is 5.67. The second-order valence-electron chi connectivity index (χ2n) is 7.92. The molecule has 0 radical (unpaired) electrons. The van der Waals surface area contributed by atoms with Crippen LogP contribution in [0.3, 0.4) is 0 Å². The average Bonchev–Trinajstić information content (AvgIpc) is 2.48. The van der Waals surface area contributed by atoms with Crippen molar-refractivity contribution < 1.29 is 14.6 Å². The van der Waals surface area contributed by atoms with Gasteiger partial charge in [-0.1, -0.05) is 19.8 Å². The van der Waals surface area contributed by atoms with Gasteiger partial charge in [0.05, 0.1) is 0 Å². The molecule has 0 aromatic heterocycles. The second kappa shape index (κ2) is 10.1. The lowest BCUT2D eigenvalue weighted by Gasteiger charge is -2.33. The number of alkyl carbamates (subject to hydrolysis) is 1. The van der Waals surface area contributed by atoms with Crippen LogP contribution in [0.5, 0.6) is 0 Å². The molecule has 5 heteroatoms. The van der Waals surface area contributed by atoms with Crippen molar-refractivity contribution in [2.24, 2.45) is 11.8 Å². The summed E-state index contributed by atoms with van der Waals surface area (Å²) >= 11 is 0. The Bertz CT molecular complexity index is 342. The maximum Gasteiger partial charge on any atom is 0.407 e. The number of rotatable bonds is 8. The Morgan fingerprint density at radius 2 is 2.00 bits per heavy atom. The average molecular weight is 328 g/mol. The Labute approximate surface area is 141 Å². The summed E-state index contributed by atoms with van der Waals surface area (Å²) in [5, 5.41) is 15.6. The van der Waals surface area contributed by atoms with Crippen molar-refractivity contribution in [3.8, 4) is 0 Å². The monoisotopic (exact) mass is 328 g/mol. The largest absolute Gasteiger partial charge is 0.444 e. The molecular weight excluding hydrogens is 292 g/mol. The smallest absolute Gasteiger partial charge is 0.407 e. The van der Waals surface area contributed by atoms with E-state index in [4.69, 9.17) is 9.84 Å². The van der Waals surface area contributed by atoms with E-state index in [0.29, 0.717) is 24.4 Å². The fourth-order valence-corrected chi connectivity index (χ4v) is 3.08. The number of carbonyl (C=O) groups is 1. The van der Waals surface area contributed by atoms with E-state index in [1.165, 1.54) is 19.3 Å². The van der Waals surface area contributed by atoms with E-state index in [9.17, 15) is 4.79 Å². The maximum absolute atomic E-state index is 11.8. The molecule has 1 aliphatic carbocycles. The van der Waals surface area contributed by atoms with E-state index < -0.39 is 5.60 Å². The second-order valence-corrected chi connectivity index (χ2v) is 7.92. The molecule has 0 heterocycles. The highest BCUT2D eigenvalue weighted by atomic mass is 16.6. The van der Waals surface area contributed by atoms with Crippen LogP contribution in [-0.4, -0.2) is 42.5 Å². The van der Waals surface area contributed by atoms with E-state index in [-0.39, 0.29) is 12.7 Å². The van der Waals surface area contributed by atoms with Crippen LogP contribution in [0, 0.1) is 11.8 Å². The minimum Gasteiger partial charge on any atom is -0.444 e. The summed E-state index contributed by atoms with van der Waals surface area (Å²) in [5.41, 5.74) is -0.447. The molecule has 0 aromatic rings. The van der Waals surface area contributed by atoms with Crippen LogP contribution in [0.15, 0.2) is 0 Å². The van der Waals surface area contributed by atoms with Gasteiger partial charge in [0.1, 0.15) is 5.60 Å². The fourth-order valence-electron chi connectivity index (χ4n) is 3.08. The summed E-state index contributed by atoms with van der Waals surface area (Å²) in [7, 11) is 0. The number of hydrogen-bond donors (Lipinski definition) is 3. The first kappa shape index (κ1) is 20.2. The summed E-state index contributed by atoms with van der Waals surface area (Å²) in [4.78, 5) is 11.8. The maximum atomic E-state index is 11.8. The van der Waals surface area contributed by atoms with Crippen molar-refractivity contribution in [1.29, 1.82) is 0 Å². The molecule has 0 saturated heterocycles. The van der Waals surface area contributed by atoms with Gasteiger partial charge in [0.25, 0.3) is 0 Å². The Morgan fingerprint density at radius 1 is 1.30 bits per heavy atom. The number of ether oxygens (including phenoxy) is 1. The Morgan fingerprint density at radius 3 is 2.65 bits per heavy atom. The number of aliphatic hydroxyl groups excluding tert-OH is 1. The topological polar surface area (TPSA) is 70.6 Å². The van der Waals surface area contributed by atoms with Gasteiger partial charge in [-0.05, 0) is 64.8 Å². The zero-order chi connectivity index (χ0) is 17.3. The normalized spacial score (nSPS) is 23.3. The summed E-state index contributed by atoms with van der Waals surface area (Å²) in [6.45, 7) is 9.65. The van der Waals surface area contributed by atoms with Crippen LogP contribution in [0.1, 0.15) is 66.2 Å². The van der Waals surface area contributed by atoms with Crippen LogP contribution in [0.4, 0.5) is 4.79 Å². The van der Waals surface area contributed by atoms with Crippen LogP contribution in [-0.2, 0) is 4.74 Å². The molecule has 3 N–H and O–H groups in total. The third kappa shape index (κ3) is 9.16. The molecule has 1 amide bonds. The number of nitrogens with one attached hydrogen (secondary N) is 2. The molecule has 3 unspecified atom stereocenters. The highest BCUT2D eigenvalue weighted by Gasteiger charge is 2.25. The van der Waals surface area contributed by atoms with E-state index in [0.717, 1.165) is 25.8 Å². The lowest BCUT2D eigenvalue weighted by Crippen LogP contribution is -2.45. The van der Waals surface area contributed by atoms with Gasteiger partial charge in [0, 0.05) is 19.2 Å². The van der Waals surface area contributed by atoms with Gasteiger partial charge in [-0.15, -0.1) is 0 Å². The Hall–Kier alpha value is -0.810. The van der Waals surface area contributed by atoms with Gasteiger partial charge in [-0.25, -0.2) is 4.79 Å². The van der Waals surface area contributed by atoms with Crippen molar-refractivity contribution in [1.82, 2.24) is 10.6 Å². The quantitative estimate of drug-likeness (QED) is 0.599. The lowest BCUT2D eigenvalue weighted by molar-refractivity contribution is 0.0510. The number of hydrogen-bond acceptors (Lipinski definition) is 4. The summed E-state index contributed by atoms with van der Waals surface area (Å²) < 4.78 is 5.31. The summed E-state index contributed by atoms with van der Waals surface area (Å²) in [6, 6.07) is 0.475. The third-order valence-electron chi connectivity index (χ3n) is 4.41. The molecule has 0 aromatic carbocycles. The van der Waals surface area contributed by atoms with Gasteiger partial charge >= 0.3 is 6.09 Å². The highest BCUT2D eigenvalue weighted by Crippen LogP contribution is 2.24. The van der Waals surface area contributed by atoms with E-state index in [2.05, 4.69) is 17.6 Å². The zero-order valence-corrected chi connectivity index (χ0v) is 15.4. The molecule has 5 nitrogen and oxygen atoms in total. The van der Waals surface area contributed by atoms with E-state index in [1.807, 2.05) is 20.8 Å². The van der Waals surface area contributed by atoms with Crippen LogP contribution in [0.25, 0.3) is 0 Å². The summed E-state index contributed by atoms with van der Waals surface area (Å²) in [6.07, 6.45) is 6.64. The molecule has 1 aliphatic rings. The van der Waals surface area contributed by atoms with Gasteiger partial charge < -0.3 is 20.5 Å². The molecule has 3 atom stereocenters. The van der Waals surface area contributed by atoms with Crippen LogP contribution < -0.4 is 10.6 Å². The number of aliphatic hydroxyl groups is 1. The van der Waals surface area contributed by atoms with Gasteiger partial charge in [-0.2, -0.15) is 0 Å². The number of amides is 1. The fraction of sp³-hybridized carbons (Fsp3) is 0.944. The number of carbonyl (C=O) groups excluding carboxylic acids is 1. The van der Waals surface area contributed by atoms with Gasteiger partial charge in [-0.3, -0.25) is 0 Å². The first-order valence-electron chi connectivity index (χ1n) is 9.13. The van der Waals surface area contributed by atoms with Crippen LogP contribution in [0.2, 0.25) is 0 Å². The molecular formula is C18H36N2O3. The first-order chi connectivity index (χ1) is 10.8. The Balaban J connectivity index is 2.29. The van der Waals surface area contributed by atoms with Crippen molar-refractivity contribution in [2.75, 3.05) is 19.7 Å². The molecule has 0 aliphatic heterocycles. The van der Waals surface area contributed by atoms with Crippen molar-refractivity contribution in [3.05, 3.63) is 0 Å². The SMILES string of the molecule is CC(CO)CCCNC1CCCCC1CNC(=O)OC(C)(C)C. The van der Waals surface area contributed by atoms with E-state index >= 15 is 0 Å². The first-order valence-corrected chi connectivity index (χ1v) is 9.13. The summed E-state index contributed by atoms with van der Waals surface area (Å²) in [5.74, 6) is 0.860. The van der Waals surface area contributed by atoms with E-state index in [1.54, 1.807) is 0 Å². The van der Waals surface area contributed by atoms with Crippen molar-refractivity contribution >= 4 is 6.09 Å². The minimum absolute atomic E-state index is 0.270. The molecule has 1 saturated carbocycles. The molecule has 0 spiro atoms. The minimum atomic E-state index is -0.447. The van der Waals surface area contributed by atoms with Crippen molar-refractivity contribution in [2.45, 2.75) is 77.9 Å². The molecule has 23 heavy (non-hydrogen) atoms. The van der Waals surface area contributed by atoms with Crippen LogP contribution >= 0.6 is 0 Å². The lowest BCUT2D eigenvalue weighted by atomic mass is 9.84. The molecule has 1 rings (SSSR count).